The maximum atomic E-state index is 11.2. The molecule has 0 amide bonds. The van der Waals surface area contributed by atoms with Gasteiger partial charge in [0.2, 0.25) is 0 Å². The van der Waals surface area contributed by atoms with Crippen LogP contribution in [0.25, 0.3) is 22.3 Å². The Hall–Kier alpha value is -2.95. The number of carbonyl (C=O) groups is 1. The first-order valence-electron chi connectivity index (χ1n) is 9.07. The molecule has 5 heteroatoms. The molecule has 2 heterocycles. The maximum Gasteiger partial charge on any atom is 0.335 e. The summed E-state index contributed by atoms with van der Waals surface area (Å²) in [4.78, 5) is 22.9. The maximum absolute atomic E-state index is 11.2. The Balaban J connectivity index is 1.78. The zero-order valence-corrected chi connectivity index (χ0v) is 14.6. The van der Waals surface area contributed by atoms with E-state index >= 15 is 0 Å². The molecule has 0 saturated carbocycles. The van der Waals surface area contributed by atoms with Gasteiger partial charge in [-0.2, -0.15) is 0 Å². The highest BCUT2D eigenvalue weighted by atomic mass is 16.4. The minimum Gasteiger partial charge on any atom is -0.478 e. The van der Waals surface area contributed by atoms with Gasteiger partial charge in [-0.15, -0.1) is 0 Å². The Morgan fingerprint density at radius 3 is 2.50 bits per heavy atom. The molecule has 0 unspecified atom stereocenters. The molecular formula is C21H21N3O2. The molecule has 0 bridgehead atoms. The Kier molecular flexibility index (Phi) is 4.52. The Bertz CT molecular complexity index is 947. The number of carboxylic acid groups (broad SMARTS) is 1. The molecular weight excluding hydrogens is 326 g/mol. The number of carboxylic acids is 1. The quantitative estimate of drug-likeness (QED) is 0.762. The molecule has 2 aromatic carbocycles. The second-order valence-electron chi connectivity index (χ2n) is 6.68. The molecule has 1 fully saturated rings. The number of anilines is 1. The molecule has 1 saturated heterocycles. The number of aromatic nitrogens is 2. The van der Waals surface area contributed by atoms with Gasteiger partial charge >= 0.3 is 5.97 Å². The fourth-order valence-corrected chi connectivity index (χ4v) is 3.55. The van der Waals surface area contributed by atoms with Gasteiger partial charge in [0.1, 0.15) is 0 Å². The van der Waals surface area contributed by atoms with E-state index in [1.165, 1.54) is 31.4 Å². The van der Waals surface area contributed by atoms with E-state index < -0.39 is 5.97 Å². The van der Waals surface area contributed by atoms with Gasteiger partial charge in [-0.1, -0.05) is 31.0 Å². The number of benzene rings is 2. The van der Waals surface area contributed by atoms with Crippen LogP contribution in [0.5, 0.6) is 0 Å². The minimum absolute atomic E-state index is 0.227. The average Bonchev–Trinajstić information content (AvgIpc) is 2.96. The molecule has 0 atom stereocenters. The Morgan fingerprint density at radius 2 is 1.73 bits per heavy atom. The standard InChI is InChI=1S/C21H21N3O2/c25-21(26)15-9-10-17-18(13-15)23-19(14-22-17)16-7-3-4-8-20(16)24-11-5-1-2-6-12-24/h3-4,7-10,13-14H,1-2,5-6,11-12H2,(H,25,26). The first-order chi connectivity index (χ1) is 12.7. The number of para-hydroxylation sites is 1. The van der Waals surface area contributed by atoms with Crippen LogP contribution in [0.3, 0.4) is 0 Å². The molecule has 0 aliphatic carbocycles. The number of fused-ring (bicyclic) bond motifs is 1. The predicted octanol–water partition coefficient (Wildman–Crippen LogP) is 4.38. The largest absolute Gasteiger partial charge is 0.478 e. The molecule has 1 N–H and O–H groups in total. The van der Waals surface area contributed by atoms with E-state index in [1.807, 2.05) is 6.07 Å². The van der Waals surface area contributed by atoms with Crippen molar-refractivity contribution in [1.29, 1.82) is 0 Å². The summed E-state index contributed by atoms with van der Waals surface area (Å²) < 4.78 is 0. The van der Waals surface area contributed by atoms with Crippen molar-refractivity contribution >= 4 is 22.7 Å². The van der Waals surface area contributed by atoms with E-state index in [2.05, 4.69) is 28.1 Å². The lowest BCUT2D eigenvalue weighted by Crippen LogP contribution is -2.24. The lowest BCUT2D eigenvalue weighted by molar-refractivity contribution is 0.0697. The molecule has 5 nitrogen and oxygen atoms in total. The SMILES string of the molecule is O=C(O)c1ccc2ncc(-c3ccccc3N3CCCCCC3)nc2c1. The summed E-state index contributed by atoms with van der Waals surface area (Å²) in [6.07, 6.45) is 6.76. The van der Waals surface area contributed by atoms with E-state index in [1.54, 1.807) is 24.4 Å². The molecule has 1 aromatic heterocycles. The summed E-state index contributed by atoms with van der Waals surface area (Å²) in [5.41, 5.74) is 4.53. The van der Waals surface area contributed by atoms with Gasteiger partial charge < -0.3 is 10.0 Å². The third-order valence-electron chi connectivity index (χ3n) is 4.92. The van der Waals surface area contributed by atoms with E-state index in [-0.39, 0.29) is 5.56 Å². The van der Waals surface area contributed by atoms with Crippen molar-refractivity contribution in [1.82, 2.24) is 9.97 Å². The first-order valence-corrected chi connectivity index (χ1v) is 9.07. The summed E-state index contributed by atoms with van der Waals surface area (Å²) in [5.74, 6) is -0.955. The molecule has 26 heavy (non-hydrogen) atoms. The summed E-state index contributed by atoms with van der Waals surface area (Å²) in [6, 6.07) is 13.1. The smallest absolute Gasteiger partial charge is 0.335 e. The molecule has 1 aliphatic heterocycles. The van der Waals surface area contributed by atoms with E-state index in [0.29, 0.717) is 11.0 Å². The fraction of sp³-hybridized carbons (Fsp3) is 0.286. The molecule has 0 spiro atoms. The van der Waals surface area contributed by atoms with Crippen LogP contribution in [0.4, 0.5) is 5.69 Å². The monoisotopic (exact) mass is 347 g/mol. The summed E-state index contributed by atoms with van der Waals surface area (Å²) in [7, 11) is 0. The highest BCUT2D eigenvalue weighted by Crippen LogP contribution is 2.31. The van der Waals surface area contributed by atoms with Crippen LogP contribution < -0.4 is 4.90 Å². The van der Waals surface area contributed by atoms with Gasteiger partial charge in [-0.25, -0.2) is 9.78 Å². The highest BCUT2D eigenvalue weighted by molar-refractivity contribution is 5.92. The topological polar surface area (TPSA) is 66.3 Å². The second-order valence-corrected chi connectivity index (χ2v) is 6.68. The number of aromatic carboxylic acids is 1. The third kappa shape index (κ3) is 3.25. The van der Waals surface area contributed by atoms with Crippen LogP contribution in [-0.2, 0) is 0 Å². The van der Waals surface area contributed by atoms with E-state index in [9.17, 15) is 9.90 Å². The van der Waals surface area contributed by atoms with E-state index in [0.717, 1.165) is 24.3 Å². The van der Waals surface area contributed by atoms with Crippen molar-refractivity contribution in [3.05, 3.63) is 54.2 Å². The van der Waals surface area contributed by atoms with Crippen molar-refractivity contribution in [2.24, 2.45) is 0 Å². The van der Waals surface area contributed by atoms with Crippen LogP contribution in [0.15, 0.2) is 48.7 Å². The third-order valence-corrected chi connectivity index (χ3v) is 4.92. The lowest BCUT2D eigenvalue weighted by atomic mass is 10.1. The number of rotatable bonds is 3. The number of hydrogen-bond acceptors (Lipinski definition) is 4. The van der Waals surface area contributed by atoms with Crippen molar-refractivity contribution < 1.29 is 9.90 Å². The van der Waals surface area contributed by atoms with Crippen LogP contribution >= 0.6 is 0 Å². The van der Waals surface area contributed by atoms with Crippen LogP contribution in [0, 0.1) is 0 Å². The summed E-state index contributed by atoms with van der Waals surface area (Å²) >= 11 is 0. The zero-order chi connectivity index (χ0) is 17.9. The first kappa shape index (κ1) is 16.5. The summed E-state index contributed by atoms with van der Waals surface area (Å²) in [6.45, 7) is 2.11. The van der Waals surface area contributed by atoms with Gasteiger partial charge in [0.05, 0.1) is 28.5 Å². The van der Waals surface area contributed by atoms with Gasteiger partial charge in [-0.3, -0.25) is 4.98 Å². The molecule has 4 rings (SSSR count). The summed E-state index contributed by atoms with van der Waals surface area (Å²) in [5, 5.41) is 9.22. The lowest BCUT2D eigenvalue weighted by Gasteiger charge is -2.25. The van der Waals surface area contributed by atoms with Crippen molar-refractivity contribution in [2.45, 2.75) is 25.7 Å². The van der Waals surface area contributed by atoms with Gasteiger partial charge in [0.25, 0.3) is 0 Å². The predicted molar refractivity (Wildman–Crippen MR) is 103 cm³/mol. The van der Waals surface area contributed by atoms with Crippen molar-refractivity contribution in [3.63, 3.8) is 0 Å². The van der Waals surface area contributed by atoms with Gasteiger partial charge in [-0.05, 0) is 37.1 Å². The minimum atomic E-state index is -0.955. The molecule has 132 valence electrons. The molecule has 3 aromatic rings. The highest BCUT2D eigenvalue weighted by Gasteiger charge is 2.16. The number of hydrogen-bond donors (Lipinski definition) is 1. The van der Waals surface area contributed by atoms with Crippen molar-refractivity contribution in [2.75, 3.05) is 18.0 Å². The van der Waals surface area contributed by atoms with Crippen molar-refractivity contribution in [3.8, 4) is 11.3 Å². The second kappa shape index (κ2) is 7.12. The van der Waals surface area contributed by atoms with Gasteiger partial charge in [0, 0.05) is 24.3 Å². The van der Waals surface area contributed by atoms with Crippen LogP contribution in [0.2, 0.25) is 0 Å². The number of nitrogens with zero attached hydrogens (tertiary/aromatic N) is 3. The zero-order valence-electron chi connectivity index (χ0n) is 14.6. The normalized spacial score (nSPS) is 15.0. The van der Waals surface area contributed by atoms with Gasteiger partial charge in [0.15, 0.2) is 0 Å². The Labute approximate surface area is 152 Å². The molecule has 0 radical (unpaired) electrons. The van der Waals surface area contributed by atoms with E-state index in [4.69, 9.17) is 4.98 Å². The Morgan fingerprint density at radius 1 is 0.962 bits per heavy atom. The fourth-order valence-electron chi connectivity index (χ4n) is 3.55. The molecule has 1 aliphatic rings. The van der Waals surface area contributed by atoms with Crippen LogP contribution in [-0.4, -0.2) is 34.1 Å². The average molecular weight is 347 g/mol. The van der Waals surface area contributed by atoms with Crippen LogP contribution in [0.1, 0.15) is 36.0 Å².